The molecule has 1 aromatic heterocycles. The number of pyridine rings is 1. The second kappa shape index (κ2) is 8.48. The van der Waals surface area contributed by atoms with Gasteiger partial charge in [-0.1, -0.05) is 6.07 Å². The van der Waals surface area contributed by atoms with Crippen molar-refractivity contribution in [3.8, 4) is 23.0 Å². The van der Waals surface area contributed by atoms with Crippen LogP contribution in [0.3, 0.4) is 0 Å². The summed E-state index contributed by atoms with van der Waals surface area (Å²) in [5.74, 6) is 1.96. The van der Waals surface area contributed by atoms with Gasteiger partial charge in [-0.3, -0.25) is 4.98 Å². The fourth-order valence-electron chi connectivity index (χ4n) is 3.06. The van der Waals surface area contributed by atoms with Crippen molar-refractivity contribution in [2.24, 2.45) is 0 Å². The zero-order chi connectivity index (χ0) is 19.4. The van der Waals surface area contributed by atoms with E-state index in [4.69, 9.17) is 14.2 Å². The molecule has 0 fully saturated rings. The summed E-state index contributed by atoms with van der Waals surface area (Å²) in [5.41, 5.74) is 2.05. The van der Waals surface area contributed by atoms with Gasteiger partial charge in [0.25, 0.3) is 0 Å². The first-order valence-corrected chi connectivity index (χ1v) is 9.58. The number of ether oxygens (including phenoxy) is 3. The number of rotatable bonds is 7. The summed E-state index contributed by atoms with van der Waals surface area (Å²) in [6.45, 7) is 4.87. The van der Waals surface area contributed by atoms with Crippen LogP contribution in [0.1, 0.15) is 25.0 Å². The van der Waals surface area contributed by atoms with Gasteiger partial charge in [-0.15, -0.1) is 0 Å². The van der Waals surface area contributed by atoms with Gasteiger partial charge in [0.05, 0.1) is 24.8 Å². The average molecular weight is 432 g/mol. The Bertz CT molecular complexity index is 959. The van der Waals surface area contributed by atoms with Crippen molar-refractivity contribution in [3.05, 3.63) is 52.3 Å². The molecule has 3 aromatic rings. The van der Waals surface area contributed by atoms with E-state index >= 15 is 0 Å². The summed E-state index contributed by atoms with van der Waals surface area (Å²) in [5, 5.41) is 12.1. The molecule has 0 unspecified atom stereocenters. The number of methoxy groups -OCH3 is 1. The molecule has 0 saturated heterocycles. The van der Waals surface area contributed by atoms with Crippen LogP contribution in [0.15, 0.2) is 41.1 Å². The van der Waals surface area contributed by atoms with Crippen molar-refractivity contribution in [3.63, 3.8) is 0 Å². The van der Waals surface area contributed by atoms with Crippen molar-refractivity contribution in [1.29, 1.82) is 0 Å². The molecule has 0 aliphatic heterocycles. The van der Waals surface area contributed by atoms with Crippen molar-refractivity contribution in [2.45, 2.75) is 20.3 Å². The van der Waals surface area contributed by atoms with Gasteiger partial charge in [0.2, 0.25) is 0 Å². The van der Waals surface area contributed by atoms with E-state index in [-0.39, 0.29) is 5.75 Å². The predicted molar refractivity (Wildman–Crippen MR) is 109 cm³/mol. The number of phenols is 1. The molecule has 0 amide bonds. The quantitative estimate of drug-likeness (QED) is 0.563. The third-order valence-electron chi connectivity index (χ3n) is 4.23. The van der Waals surface area contributed by atoms with E-state index < -0.39 is 0 Å². The number of phenolic OH excluding ortho intramolecular Hbond substituents is 1. The maximum atomic E-state index is 10.5. The lowest BCUT2D eigenvalue weighted by molar-refractivity contribution is 0.308. The van der Waals surface area contributed by atoms with Crippen LogP contribution in [0.2, 0.25) is 0 Å². The van der Waals surface area contributed by atoms with Gasteiger partial charge in [-0.25, -0.2) is 0 Å². The van der Waals surface area contributed by atoms with Gasteiger partial charge in [-0.2, -0.15) is 0 Å². The molecule has 27 heavy (non-hydrogen) atoms. The van der Waals surface area contributed by atoms with Crippen LogP contribution in [0, 0.1) is 0 Å². The number of hydrogen-bond donors (Lipinski definition) is 1. The third-order valence-corrected chi connectivity index (χ3v) is 4.82. The summed E-state index contributed by atoms with van der Waals surface area (Å²) in [7, 11) is 1.63. The Kier molecular flexibility index (Phi) is 6.06. The lowest BCUT2D eigenvalue weighted by Gasteiger charge is -2.14. The number of aromatic hydroxyl groups is 1. The van der Waals surface area contributed by atoms with Crippen LogP contribution in [-0.2, 0) is 6.42 Å². The number of benzene rings is 2. The molecule has 0 saturated carbocycles. The highest BCUT2D eigenvalue weighted by Crippen LogP contribution is 2.39. The summed E-state index contributed by atoms with van der Waals surface area (Å²) in [6.07, 6.45) is 4.11. The summed E-state index contributed by atoms with van der Waals surface area (Å²) in [4.78, 5) is 4.30. The molecule has 2 aromatic carbocycles. The van der Waals surface area contributed by atoms with Gasteiger partial charge < -0.3 is 19.3 Å². The van der Waals surface area contributed by atoms with Crippen molar-refractivity contribution < 1.29 is 19.3 Å². The number of aromatic nitrogens is 1. The second-order valence-electron chi connectivity index (χ2n) is 5.96. The van der Waals surface area contributed by atoms with Crippen molar-refractivity contribution in [1.82, 2.24) is 4.98 Å². The van der Waals surface area contributed by atoms with Crippen molar-refractivity contribution in [2.75, 3.05) is 20.3 Å². The first kappa shape index (κ1) is 19.3. The number of halogens is 1. The van der Waals surface area contributed by atoms with E-state index in [1.165, 1.54) is 0 Å². The van der Waals surface area contributed by atoms with E-state index in [1.807, 2.05) is 38.2 Å². The monoisotopic (exact) mass is 431 g/mol. The van der Waals surface area contributed by atoms with E-state index in [0.717, 1.165) is 21.0 Å². The highest BCUT2D eigenvalue weighted by molar-refractivity contribution is 9.10. The Morgan fingerprint density at radius 3 is 2.48 bits per heavy atom. The largest absolute Gasteiger partial charge is 0.504 e. The van der Waals surface area contributed by atoms with Crippen LogP contribution in [0.5, 0.6) is 23.0 Å². The smallest absolute Gasteiger partial charge is 0.175 e. The van der Waals surface area contributed by atoms with Gasteiger partial charge in [0.1, 0.15) is 0 Å². The molecule has 142 valence electrons. The Balaban J connectivity index is 2.02. The van der Waals surface area contributed by atoms with E-state index in [0.29, 0.717) is 42.3 Å². The Labute approximate surface area is 167 Å². The third kappa shape index (κ3) is 3.95. The topological polar surface area (TPSA) is 60.8 Å². The van der Waals surface area contributed by atoms with Crippen LogP contribution in [-0.4, -0.2) is 30.4 Å². The van der Waals surface area contributed by atoms with Gasteiger partial charge >= 0.3 is 0 Å². The summed E-state index contributed by atoms with van der Waals surface area (Å²) in [6, 6.07) is 7.72. The van der Waals surface area contributed by atoms with E-state index in [9.17, 15) is 5.11 Å². The molecular formula is C21H22BrNO4. The first-order chi connectivity index (χ1) is 13.1. The minimum atomic E-state index is 0.120. The number of nitrogens with zero attached hydrogens (tertiary/aromatic N) is 1. The van der Waals surface area contributed by atoms with Gasteiger partial charge in [0.15, 0.2) is 23.0 Å². The number of fused-ring (bicyclic) bond motifs is 1. The maximum Gasteiger partial charge on any atom is 0.175 e. The lowest BCUT2D eigenvalue weighted by atomic mass is 10.00. The van der Waals surface area contributed by atoms with Crippen LogP contribution >= 0.6 is 15.9 Å². The summed E-state index contributed by atoms with van der Waals surface area (Å²) < 4.78 is 17.4. The van der Waals surface area contributed by atoms with Crippen LogP contribution in [0.4, 0.5) is 0 Å². The molecule has 3 rings (SSSR count). The molecule has 0 aliphatic carbocycles. The molecule has 1 N–H and O–H groups in total. The summed E-state index contributed by atoms with van der Waals surface area (Å²) >= 11 is 3.56. The highest BCUT2D eigenvalue weighted by Gasteiger charge is 2.14. The van der Waals surface area contributed by atoms with Gasteiger partial charge in [-0.05, 0) is 70.9 Å². The molecule has 0 bridgehead atoms. The zero-order valence-electron chi connectivity index (χ0n) is 15.6. The molecular weight excluding hydrogens is 410 g/mol. The molecule has 6 heteroatoms. The first-order valence-electron chi connectivity index (χ1n) is 8.79. The minimum absolute atomic E-state index is 0.120. The fourth-order valence-corrected chi connectivity index (χ4v) is 3.67. The SMILES string of the molecule is CCOc1ccc2c(Cc3cc(Br)c(OCC)c(OC)c3)cncc2c1O. The van der Waals surface area contributed by atoms with Crippen molar-refractivity contribution >= 4 is 26.7 Å². The van der Waals surface area contributed by atoms with E-state index in [1.54, 1.807) is 19.4 Å². The maximum absolute atomic E-state index is 10.5. The second-order valence-corrected chi connectivity index (χ2v) is 6.81. The minimum Gasteiger partial charge on any atom is -0.504 e. The normalized spacial score (nSPS) is 10.8. The number of hydrogen-bond acceptors (Lipinski definition) is 5. The molecule has 0 atom stereocenters. The van der Waals surface area contributed by atoms with Crippen LogP contribution in [0.25, 0.3) is 10.8 Å². The molecule has 0 radical (unpaired) electrons. The van der Waals surface area contributed by atoms with E-state index in [2.05, 4.69) is 20.9 Å². The van der Waals surface area contributed by atoms with Gasteiger partial charge in [0, 0.05) is 17.8 Å². The Hall–Kier alpha value is -2.47. The Morgan fingerprint density at radius 2 is 1.78 bits per heavy atom. The van der Waals surface area contributed by atoms with Crippen LogP contribution < -0.4 is 14.2 Å². The zero-order valence-corrected chi connectivity index (χ0v) is 17.2. The molecule has 1 heterocycles. The lowest BCUT2D eigenvalue weighted by Crippen LogP contribution is -1.99. The highest BCUT2D eigenvalue weighted by atomic mass is 79.9. The Morgan fingerprint density at radius 1 is 1.00 bits per heavy atom. The predicted octanol–water partition coefficient (Wildman–Crippen LogP) is 5.10. The molecule has 0 aliphatic rings. The fraction of sp³-hybridized carbons (Fsp3) is 0.286. The standard InChI is InChI=1S/C21H22BrNO4/c1-4-26-18-7-6-15-14(11-23-12-16(15)20(18)24)8-13-9-17(22)21(27-5-2)19(10-13)25-3/h6-7,9-12,24H,4-5,8H2,1-3H3. The molecule has 0 spiro atoms. The molecule has 5 nitrogen and oxygen atoms in total. The average Bonchev–Trinajstić information content (AvgIpc) is 2.66.